The van der Waals surface area contributed by atoms with Crippen molar-refractivity contribution in [1.29, 1.82) is 0 Å². The van der Waals surface area contributed by atoms with Gasteiger partial charge in [-0.1, -0.05) is 36.4 Å². The zero-order valence-corrected chi connectivity index (χ0v) is 22.5. The lowest BCUT2D eigenvalue weighted by molar-refractivity contribution is 0.103. The molecule has 1 aliphatic carbocycles. The molecule has 5 nitrogen and oxygen atoms in total. The van der Waals surface area contributed by atoms with Crippen LogP contribution in [0.4, 0.5) is 4.39 Å². The second-order valence-electron chi connectivity index (χ2n) is 10.6. The van der Waals surface area contributed by atoms with Crippen molar-refractivity contribution in [2.45, 2.75) is 38.2 Å². The van der Waals surface area contributed by atoms with E-state index in [1.807, 2.05) is 66.7 Å². The molecule has 0 saturated carbocycles. The fourth-order valence-corrected chi connectivity index (χ4v) is 6.07. The van der Waals surface area contributed by atoms with Gasteiger partial charge in [0, 0.05) is 42.4 Å². The average Bonchev–Trinajstić information content (AvgIpc) is 3.34. The summed E-state index contributed by atoms with van der Waals surface area (Å²) in [7, 11) is 0. The summed E-state index contributed by atoms with van der Waals surface area (Å²) >= 11 is 0. The second kappa shape index (κ2) is 11.6. The van der Waals surface area contributed by atoms with Gasteiger partial charge in [0.25, 0.3) is 0 Å². The molecule has 6 heteroatoms. The number of halogens is 1. The van der Waals surface area contributed by atoms with Gasteiger partial charge in [-0.15, -0.1) is 0 Å². The Bertz CT molecular complexity index is 1560. The normalized spacial score (nSPS) is 17.6. The Morgan fingerprint density at radius 3 is 2.77 bits per heavy atom. The van der Waals surface area contributed by atoms with Gasteiger partial charge >= 0.3 is 0 Å². The molecule has 6 rings (SSSR count). The lowest BCUT2D eigenvalue weighted by Gasteiger charge is -2.18. The van der Waals surface area contributed by atoms with Crippen molar-refractivity contribution >= 4 is 22.3 Å². The summed E-state index contributed by atoms with van der Waals surface area (Å²) in [5, 5.41) is 11.1. The number of phenols is 1. The van der Waals surface area contributed by atoms with Crippen molar-refractivity contribution in [3.63, 3.8) is 0 Å². The first kappa shape index (κ1) is 26.2. The highest BCUT2D eigenvalue weighted by molar-refractivity contribution is 6.20. The minimum atomic E-state index is -0.288. The highest BCUT2D eigenvalue weighted by Gasteiger charge is 2.26. The van der Waals surface area contributed by atoms with E-state index in [0.29, 0.717) is 18.4 Å². The molecule has 1 saturated heterocycles. The van der Waals surface area contributed by atoms with Crippen LogP contribution >= 0.6 is 0 Å². The number of hydrogen-bond donors (Lipinski definition) is 1. The maximum absolute atomic E-state index is 14.2. The number of allylic oxidation sites excluding steroid dienone is 1. The second-order valence-corrected chi connectivity index (χ2v) is 10.6. The zero-order valence-electron chi connectivity index (χ0n) is 22.5. The molecule has 1 fully saturated rings. The summed E-state index contributed by atoms with van der Waals surface area (Å²) in [6.07, 6.45) is 5.54. The van der Waals surface area contributed by atoms with Crippen LogP contribution in [0, 0.1) is 0 Å². The van der Waals surface area contributed by atoms with Gasteiger partial charge in [-0.3, -0.25) is 19.1 Å². The third-order valence-electron chi connectivity index (χ3n) is 7.98. The lowest BCUT2D eigenvalue weighted by atomic mass is 9.87. The molecule has 1 N–H and O–H groups in total. The number of nitrogens with zero attached hydrogens (tertiary/aromatic N) is 2. The van der Waals surface area contributed by atoms with Crippen LogP contribution in [0.2, 0.25) is 0 Å². The van der Waals surface area contributed by atoms with Crippen molar-refractivity contribution in [1.82, 2.24) is 9.88 Å². The van der Waals surface area contributed by atoms with Crippen molar-refractivity contribution in [3.8, 4) is 11.5 Å². The number of Topliss-reactive ketones (excluding diaryl/α,β-unsaturated/α-hetero) is 1. The molecule has 1 aromatic heterocycles. The van der Waals surface area contributed by atoms with Gasteiger partial charge in [0.2, 0.25) is 0 Å². The number of ether oxygens (including phenoxy) is 1. The molecule has 1 atom stereocenters. The van der Waals surface area contributed by atoms with Crippen molar-refractivity contribution in [3.05, 3.63) is 107 Å². The monoisotopic (exact) mass is 536 g/mol. The van der Waals surface area contributed by atoms with Crippen LogP contribution in [0.5, 0.6) is 11.5 Å². The van der Waals surface area contributed by atoms with Crippen LogP contribution in [-0.4, -0.2) is 53.2 Å². The van der Waals surface area contributed by atoms with Crippen LogP contribution in [0.3, 0.4) is 0 Å². The van der Waals surface area contributed by atoms with E-state index in [0.717, 1.165) is 83.4 Å². The third-order valence-corrected chi connectivity index (χ3v) is 7.98. The number of rotatable bonds is 8. The minimum absolute atomic E-state index is 0.00850. The molecule has 204 valence electrons. The molecule has 4 aromatic rings. The first-order valence-electron chi connectivity index (χ1n) is 14.1. The Labute approximate surface area is 233 Å². The molecule has 0 amide bonds. The highest BCUT2D eigenvalue weighted by atomic mass is 19.1. The van der Waals surface area contributed by atoms with Gasteiger partial charge in [-0.25, -0.2) is 0 Å². The molecule has 0 spiro atoms. The summed E-state index contributed by atoms with van der Waals surface area (Å²) in [5.41, 5.74) is 6.09. The number of ketones is 1. The Kier molecular flexibility index (Phi) is 7.60. The maximum Gasteiger partial charge on any atom is 0.190 e. The van der Waals surface area contributed by atoms with Crippen LogP contribution in [0.25, 0.3) is 16.5 Å². The molecule has 0 bridgehead atoms. The largest absolute Gasteiger partial charge is 0.508 e. The summed E-state index contributed by atoms with van der Waals surface area (Å²) in [6.45, 7) is 2.21. The minimum Gasteiger partial charge on any atom is -0.508 e. The number of aryl methyl sites for hydroxylation is 1. The number of likely N-dealkylation sites (tertiary alicyclic amines) is 1. The van der Waals surface area contributed by atoms with E-state index in [4.69, 9.17) is 4.74 Å². The smallest absolute Gasteiger partial charge is 0.190 e. The quantitative estimate of drug-likeness (QED) is 0.252. The number of benzene rings is 3. The van der Waals surface area contributed by atoms with E-state index < -0.39 is 0 Å². The highest BCUT2D eigenvalue weighted by Crippen LogP contribution is 2.39. The first-order valence-corrected chi connectivity index (χ1v) is 14.1. The van der Waals surface area contributed by atoms with E-state index in [9.17, 15) is 14.3 Å². The average molecular weight is 537 g/mol. The molecule has 1 aliphatic heterocycles. The molecule has 0 unspecified atom stereocenters. The number of aromatic nitrogens is 1. The van der Waals surface area contributed by atoms with Crippen LogP contribution < -0.4 is 4.74 Å². The standard InChI is InChI=1S/C34H33FN2O3/c35-17-4-19-37-20-16-27(22-37)40-26-13-10-23(11-14-26)33-28-15-12-25(38)21-24(28)5-1-7-31(33)34(39)30-6-2-9-32-29(30)8-3-18-36-32/h2-3,6,8-15,18,21,27,38H,1,4-5,7,16-17,19-20,22H2/t27-/m0/s1. The van der Waals surface area contributed by atoms with Crippen LogP contribution in [0.1, 0.15) is 52.7 Å². The molecular formula is C34H33FN2O3. The molecule has 2 aliphatic rings. The van der Waals surface area contributed by atoms with E-state index in [-0.39, 0.29) is 24.3 Å². The Hall–Kier alpha value is -4.03. The number of pyridine rings is 1. The summed E-state index contributed by atoms with van der Waals surface area (Å²) in [4.78, 5) is 20.9. The van der Waals surface area contributed by atoms with Crippen molar-refractivity contribution < 1.29 is 19.0 Å². The van der Waals surface area contributed by atoms with E-state index in [1.165, 1.54) is 0 Å². The summed E-state index contributed by atoms with van der Waals surface area (Å²) in [6, 6.07) is 23.0. The van der Waals surface area contributed by atoms with Crippen molar-refractivity contribution in [2.24, 2.45) is 0 Å². The number of aromatic hydroxyl groups is 1. The van der Waals surface area contributed by atoms with Gasteiger partial charge in [-0.05, 0) is 90.8 Å². The topological polar surface area (TPSA) is 62.7 Å². The van der Waals surface area contributed by atoms with Gasteiger partial charge in [0.15, 0.2) is 5.78 Å². The Morgan fingerprint density at radius 2 is 1.93 bits per heavy atom. The van der Waals surface area contributed by atoms with Gasteiger partial charge in [0.05, 0.1) is 12.2 Å². The number of fused-ring (bicyclic) bond motifs is 2. The predicted octanol–water partition coefficient (Wildman–Crippen LogP) is 6.77. The number of phenolic OH excluding ortho intramolecular Hbond substituents is 1. The molecule has 40 heavy (non-hydrogen) atoms. The van der Waals surface area contributed by atoms with E-state index in [2.05, 4.69) is 9.88 Å². The fraction of sp³-hybridized carbons (Fsp3) is 0.294. The number of alkyl halides is 1. The van der Waals surface area contributed by atoms with Gasteiger partial charge in [-0.2, -0.15) is 0 Å². The lowest BCUT2D eigenvalue weighted by Crippen LogP contribution is -2.26. The van der Waals surface area contributed by atoms with Crippen LogP contribution in [-0.2, 0) is 6.42 Å². The van der Waals surface area contributed by atoms with Gasteiger partial charge < -0.3 is 9.84 Å². The predicted molar refractivity (Wildman–Crippen MR) is 156 cm³/mol. The molecule has 0 radical (unpaired) electrons. The van der Waals surface area contributed by atoms with E-state index in [1.54, 1.807) is 12.3 Å². The Balaban J connectivity index is 1.37. The van der Waals surface area contributed by atoms with Crippen molar-refractivity contribution in [2.75, 3.05) is 26.3 Å². The number of carbonyl (C=O) groups excluding carboxylic acids is 1. The third kappa shape index (κ3) is 5.36. The van der Waals surface area contributed by atoms with Gasteiger partial charge in [0.1, 0.15) is 17.6 Å². The zero-order chi connectivity index (χ0) is 27.5. The molecular weight excluding hydrogens is 503 g/mol. The SMILES string of the molecule is O=C(C1=C(c2ccc(O[C@H]3CCN(CCCF)C3)cc2)c2ccc(O)cc2CCC1)c1cccc2ncccc12. The maximum atomic E-state index is 14.2. The van der Waals surface area contributed by atoms with E-state index >= 15 is 0 Å². The summed E-state index contributed by atoms with van der Waals surface area (Å²) in [5.74, 6) is 1.03. The molecule has 3 aromatic carbocycles. The Morgan fingerprint density at radius 1 is 1.05 bits per heavy atom. The fourth-order valence-electron chi connectivity index (χ4n) is 6.07. The first-order chi connectivity index (χ1) is 19.6. The molecule has 2 heterocycles. The summed E-state index contributed by atoms with van der Waals surface area (Å²) < 4.78 is 18.8. The number of carbonyl (C=O) groups is 1. The number of hydrogen-bond acceptors (Lipinski definition) is 5. The van der Waals surface area contributed by atoms with Crippen LogP contribution in [0.15, 0.2) is 84.6 Å².